The minimum absolute atomic E-state index is 0.147. The molecule has 2 aromatic rings. The first-order valence-corrected chi connectivity index (χ1v) is 9.02. The highest BCUT2D eigenvalue weighted by atomic mass is 32.2. The topological polar surface area (TPSA) is 78.7 Å². The molecule has 0 amide bonds. The second kappa shape index (κ2) is 6.30. The molecule has 0 aromatic carbocycles. The fourth-order valence-corrected chi connectivity index (χ4v) is 4.36. The van der Waals surface area contributed by atoms with Crippen molar-refractivity contribution in [1.82, 2.24) is 19.0 Å². The molecule has 0 radical (unpaired) electrons. The molecular formula is C12H21N5O2S2. The zero-order chi connectivity index (χ0) is 15.6. The third kappa shape index (κ3) is 3.54. The summed E-state index contributed by atoms with van der Waals surface area (Å²) >= 11 is 1.40. The van der Waals surface area contributed by atoms with Gasteiger partial charge in [0.2, 0.25) is 0 Å². The Kier molecular flexibility index (Phi) is 4.87. The van der Waals surface area contributed by atoms with Crippen molar-refractivity contribution in [2.75, 3.05) is 33.0 Å². The zero-order valence-corrected chi connectivity index (χ0v) is 14.3. The maximum Gasteiger partial charge on any atom is 0.260 e. The van der Waals surface area contributed by atoms with Crippen LogP contribution in [0.1, 0.15) is 13.3 Å². The van der Waals surface area contributed by atoms with Crippen LogP contribution in [0.5, 0.6) is 0 Å². The number of anilines is 1. The van der Waals surface area contributed by atoms with Gasteiger partial charge in [0, 0.05) is 24.7 Å². The SMILES string of the molecule is CNc1nc2sccn2c1S(=O)(=O)NC(C)CCN(C)C. The van der Waals surface area contributed by atoms with Gasteiger partial charge in [-0.1, -0.05) is 0 Å². The van der Waals surface area contributed by atoms with Crippen LogP contribution in [-0.4, -0.2) is 56.4 Å². The van der Waals surface area contributed by atoms with Crippen molar-refractivity contribution in [3.63, 3.8) is 0 Å². The molecule has 7 nitrogen and oxygen atoms in total. The molecule has 0 spiro atoms. The zero-order valence-electron chi connectivity index (χ0n) is 12.6. The summed E-state index contributed by atoms with van der Waals surface area (Å²) in [6.07, 6.45) is 2.46. The molecule has 21 heavy (non-hydrogen) atoms. The van der Waals surface area contributed by atoms with Crippen molar-refractivity contribution in [2.45, 2.75) is 24.4 Å². The lowest BCUT2D eigenvalue weighted by Gasteiger charge is -2.17. The molecule has 0 fully saturated rings. The van der Waals surface area contributed by atoms with Gasteiger partial charge >= 0.3 is 0 Å². The summed E-state index contributed by atoms with van der Waals surface area (Å²) in [5, 5.41) is 4.83. The number of rotatable bonds is 7. The van der Waals surface area contributed by atoms with Gasteiger partial charge in [-0.05, 0) is 34.0 Å². The smallest absolute Gasteiger partial charge is 0.260 e. The Bertz CT molecular complexity index is 704. The Balaban J connectivity index is 2.27. The van der Waals surface area contributed by atoms with Crippen LogP contribution in [0.4, 0.5) is 5.82 Å². The normalized spacial score (nSPS) is 14.0. The Morgan fingerprint density at radius 3 is 2.81 bits per heavy atom. The quantitative estimate of drug-likeness (QED) is 0.793. The molecule has 0 aliphatic heterocycles. The van der Waals surface area contributed by atoms with Gasteiger partial charge < -0.3 is 10.2 Å². The maximum atomic E-state index is 12.6. The first-order valence-electron chi connectivity index (χ1n) is 6.65. The van der Waals surface area contributed by atoms with Crippen molar-refractivity contribution < 1.29 is 8.42 Å². The second-order valence-corrected chi connectivity index (χ2v) is 7.69. The van der Waals surface area contributed by atoms with E-state index < -0.39 is 10.0 Å². The van der Waals surface area contributed by atoms with Crippen LogP contribution in [0.25, 0.3) is 4.96 Å². The molecule has 0 aliphatic rings. The Labute approximate surface area is 129 Å². The first-order chi connectivity index (χ1) is 9.85. The largest absolute Gasteiger partial charge is 0.371 e. The van der Waals surface area contributed by atoms with Gasteiger partial charge in [-0.2, -0.15) is 0 Å². The van der Waals surface area contributed by atoms with E-state index in [1.54, 1.807) is 17.6 Å². The molecular weight excluding hydrogens is 310 g/mol. The van der Waals surface area contributed by atoms with E-state index in [-0.39, 0.29) is 11.1 Å². The molecule has 9 heteroatoms. The maximum absolute atomic E-state index is 12.6. The van der Waals surface area contributed by atoms with Gasteiger partial charge in [0.05, 0.1) is 0 Å². The van der Waals surface area contributed by atoms with Crippen LogP contribution >= 0.6 is 11.3 Å². The van der Waals surface area contributed by atoms with Gasteiger partial charge in [-0.3, -0.25) is 4.40 Å². The number of imidazole rings is 1. The second-order valence-electron chi connectivity index (χ2n) is 5.19. The number of nitrogens with one attached hydrogen (secondary N) is 2. The molecule has 1 atom stereocenters. The molecule has 2 N–H and O–H groups in total. The first kappa shape index (κ1) is 16.2. The lowest BCUT2D eigenvalue weighted by atomic mass is 10.2. The van der Waals surface area contributed by atoms with E-state index in [0.717, 1.165) is 13.0 Å². The summed E-state index contributed by atoms with van der Waals surface area (Å²) in [6.45, 7) is 2.69. The van der Waals surface area contributed by atoms with Crippen molar-refractivity contribution >= 4 is 32.1 Å². The minimum Gasteiger partial charge on any atom is -0.371 e. The number of fused-ring (bicyclic) bond motifs is 1. The molecule has 0 aliphatic carbocycles. The molecule has 2 rings (SSSR count). The number of thiazole rings is 1. The van der Waals surface area contributed by atoms with Crippen LogP contribution in [0.2, 0.25) is 0 Å². The molecule has 2 aromatic heterocycles. The Hall–Kier alpha value is -1.16. The van der Waals surface area contributed by atoms with Gasteiger partial charge in [0.25, 0.3) is 10.0 Å². The highest BCUT2D eigenvalue weighted by Crippen LogP contribution is 2.25. The minimum atomic E-state index is -3.63. The average Bonchev–Trinajstić information content (AvgIpc) is 2.94. The van der Waals surface area contributed by atoms with Gasteiger partial charge in [-0.15, -0.1) is 11.3 Å². The fourth-order valence-electron chi connectivity index (χ4n) is 2.02. The molecule has 0 saturated heterocycles. The predicted molar refractivity (Wildman–Crippen MR) is 85.6 cm³/mol. The summed E-state index contributed by atoms with van der Waals surface area (Å²) in [7, 11) is 1.97. The number of aromatic nitrogens is 2. The Morgan fingerprint density at radius 2 is 2.19 bits per heavy atom. The van der Waals surface area contributed by atoms with E-state index in [2.05, 4.69) is 15.0 Å². The highest BCUT2D eigenvalue weighted by molar-refractivity contribution is 7.89. The number of hydrogen-bond acceptors (Lipinski definition) is 6. The van der Waals surface area contributed by atoms with Gasteiger partial charge in [-0.25, -0.2) is 18.1 Å². The van der Waals surface area contributed by atoms with Crippen molar-refractivity contribution in [3.05, 3.63) is 11.6 Å². The van der Waals surface area contributed by atoms with E-state index in [0.29, 0.717) is 10.8 Å². The van der Waals surface area contributed by atoms with Crippen LogP contribution in [0, 0.1) is 0 Å². The molecule has 0 saturated carbocycles. The summed E-state index contributed by atoms with van der Waals surface area (Å²) in [6, 6.07) is -0.147. The van der Waals surface area contributed by atoms with Crippen molar-refractivity contribution in [3.8, 4) is 0 Å². The van der Waals surface area contributed by atoms with Gasteiger partial charge in [0.15, 0.2) is 15.8 Å². The summed E-state index contributed by atoms with van der Waals surface area (Å²) in [5.41, 5.74) is 0. The van der Waals surface area contributed by atoms with Crippen molar-refractivity contribution in [1.29, 1.82) is 0 Å². The third-order valence-electron chi connectivity index (χ3n) is 3.08. The molecule has 2 heterocycles. The van der Waals surface area contributed by atoms with Crippen LogP contribution in [-0.2, 0) is 10.0 Å². The predicted octanol–water partition coefficient (Wildman–Crippen LogP) is 1.06. The monoisotopic (exact) mass is 331 g/mol. The van der Waals surface area contributed by atoms with E-state index in [4.69, 9.17) is 0 Å². The summed E-state index contributed by atoms with van der Waals surface area (Å²) in [5.74, 6) is 0.370. The molecule has 118 valence electrons. The highest BCUT2D eigenvalue weighted by Gasteiger charge is 2.26. The Morgan fingerprint density at radius 1 is 1.48 bits per heavy atom. The third-order valence-corrected chi connectivity index (χ3v) is 5.44. The summed E-state index contributed by atoms with van der Waals surface area (Å²) in [4.78, 5) is 6.96. The van der Waals surface area contributed by atoms with E-state index in [1.165, 1.54) is 11.3 Å². The van der Waals surface area contributed by atoms with Gasteiger partial charge in [0.1, 0.15) is 0 Å². The van der Waals surface area contributed by atoms with Crippen LogP contribution in [0.15, 0.2) is 16.6 Å². The summed E-state index contributed by atoms with van der Waals surface area (Å²) < 4.78 is 29.6. The lowest BCUT2D eigenvalue weighted by molar-refractivity contribution is 0.379. The molecule has 1 unspecified atom stereocenters. The van der Waals surface area contributed by atoms with Crippen molar-refractivity contribution in [2.24, 2.45) is 0 Å². The van der Waals surface area contributed by atoms with Crippen LogP contribution in [0.3, 0.4) is 0 Å². The number of nitrogens with zero attached hydrogens (tertiary/aromatic N) is 3. The van der Waals surface area contributed by atoms with E-state index in [1.807, 2.05) is 31.3 Å². The molecule has 0 bridgehead atoms. The lowest BCUT2D eigenvalue weighted by Crippen LogP contribution is -2.35. The number of sulfonamides is 1. The fraction of sp³-hybridized carbons (Fsp3) is 0.583. The van der Waals surface area contributed by atoms with E-state index in [9.17, 15) is 8.42 Å². The average molecular weight is 331 g/mol. The van der Waals surface area contributed by atoms with Crippen LogP contribution < -0.4 is 10.0 Å². The number of hydrogen-bond donors (Lipinski definition) is 2. The standard InChI is InChI=1S/C12H21N5O2S2/c1-9(5-6-16(3)4)15-21(18,19)11-10(13-2)14-12-17(11)7-8-20-12/h7-9,13,15H,5-6H2,1-4H3. The van der Waals surface area contributed by atoms with E-state index >= 15 is 0 Å².